The van der Waals surface area contributed by atoms with Crippen molar-refractivity contribution in [1.82, 2.24) is 9.55 Å². The van der Waals surface area contributed by atoms with Crippen LogP contribution < -0.4 is 0 Å². The van der Waals surface area contributed by atoms with Crippen molar-refractivity contribution < 1.29 is 9.90 Å². The van der Waals surface area contributed by atoms with E-state index in [1.165, 1.54) is 6.20 Å². The van der Waals surface area contributed by atoms with E-state index in [4.69, 9.17) is 5.11 Å². The summed E-state index contributed by atoms with van der Waals surface area (Å²) in [5.41, 5.74) is 0.633. The highest BCUT2D eigenvalue weighted by Gasteiger charge is 2.11. The topological polar surface area (TPSA) is 55.1 Å². The second-order valence-corrected chi connectivity index (χ2v) is 2.77. The number of carbonyl (C=O) groups is 1. The fraction of sp³-hybridized carbons (Fsp3) is 0. The molecule has 0 aliphatic rings. The predicted octanol–water partition coefficient (Wildman–Crippen LogP) is 1.57. The number of rotatable bonds is 2. The summed E-state index contributed by atoms with van der Waals surface area (Å²) in [5.74, 6) is -1.02. The van der Waals surface area contributed by atoms with E-state index in [0.29, 0.717) is 5.69 Å². The van der Waals surface area contributed by atoms with Gasteiger partial charge in [0.05, 0.1) is 5.69 Å². The van der Waals surface area contributed by atoms with Crippen molar-refractivity contribution in [1.29, 1.82) is 0 Å². The normalized spacial score (nSPS) is 10.0. The van der Waals surface area contributed by atoms with Crippen LogP contribution in [-0.2, 0) is 0 Å². The molecular weight excluding hydrogens is 180 g/mol. The van der Waals surface area contributed by atoms with Gasteiger partial charge in [0.2, 0.25) is 0 Å². The van der Waals surface area contributed by atoms with Gasteiger partial charge in [-0.15, -0.1) is 0 Å². The van der Waals surface area contributed by atoms with Crippen molar-refractivity contribution in [3.05, 3.63) is 48.5 Å². The molecule has 4 nitrogen and oxygen atoms in total. The molecule has 0 atom stereocenters. The molecule has 2 rings (SSSR count). The van der Waals surface area contributed by atoms with Crippen LogP contribution >= 0.6 is 0 Å². The van der Waals surface area contributed by atoms with Gasteiger partial charge in [0, 0.05) is 18.6 Å². The van der Waals surface area contributed by atoms with Crippen molar-refractivity contribution in [2.45, 2.75) is 0 Å². The lowest BCUT2D eigenvalue weighted by Crippen LogP contribution is -2.06. The van der Waals surface area contributed by atoms with E-state index in [2.05, 4.69) is 4.98 Å². The third kappa shape index (κ3) is 1.37. The first-order valence-corrected chi connectivity index (χ1v) is 4.10. The fourth-order valence-corrected chi connectivity index (χ4v) is 1.27. The Kier molecular flexibility index (Phi) is 2.02. The minimum absolute atomic E-state index is 0.0590. The van der Waals surface area contributed by atoms with E-state index in [1.807, 2.05) is 12.1 Å². The van der Waals surface area contributed by atoms with Gasteiger partial charge in [-0.3, -0.25) is 0 Å². The third-order valence-corrected chi connectivity index (χ3v) is 1.87. The van der Waals surface area contributed by atoms with Gasteiger partial charge in [-0.05, 0) is 24.3 Å². The number of hydrogen-bond donors (Lipinski definition) is 1. The number of hydrogen-bond acceptors (Lipinski definition) is 2. The van der Waals surface area contributed by atoms with E-state index in [-0.39, 0.29) is 5.69 Å². The van der Waals surface area contributed by atoms with Crippen LogP contribution in [0, 0.1) is 0 Å². The first-order chi connectivity index (χ1) is 6.79. The largest absolute Gasteiger partial charge is 0.476 e. The molecule has 2 aromatic rings. The lowest BCUT2D eigenvalue weighted by Gasteiger charge is -2.04. The molecule has 0 aliphatic heterocycles. The number of carboxylic acids is 1. The van der Waals surface area contributed by atoms with Crippen LogP contribution in [0.3, 0.4) is 0 Å². The highest BCUT2D eigenvalue weighted by molar-refractivity contribution is 5.89. The van der Waals surface area contributed by atoms with Gasteiger partial charge in [-0.2, -0.15) is 0 Å². The molecule has 1 N–H and O–H groups in total. The molecule has 0 spiro atoms. The Morgan fingerprint density at radius 3 is 2.64 bits per heavy atom. The summed E-state index contributed by atoms with van der Waals surface area (Å²) < 4.78 is 1.72. The minimum atomic E-state index is -1.02. The Bertz CT molecular complexity index is 449. The van der Waals surface area contributed by atoms with Crippen LogP contribution in [0.15, 0.2) is 42.9 Å². The molecule has 0 saturated carbocycles. The van der Waals surface area contributed by atoms with Gasteiger partial charge in [0.25, 0.3) is 0 Å². The van der Waals surface area contributed by atoms with Crippen LogP contribution in [0.4, 0.5) is 0 Å². The van der Waals surface area contributed by atoms with E-state index in [9.17, 15) is 4.79 Å². The van der Waals surface area contributed by atoms with Crippen molar-refractivity contribution in [2.24, 2.45) is 0 Å². The molecule has 0 radical (unpaired) electrons. The highest BCUT2D eigenvalue weighted by atomic mass is 16.4. The lowest BCUT2D eigenvalue weighted by atomic mass is 10.3. The van der Waals surface area contributed by atoms with Crippen LogP contribution in [0.2, 0.25) is 0 Å². The Morgan fingerprint density at radius 2 is 2.00 bits per heavy atom. The maximum Gasteiger partial charge on any atom is 0.356 e. The fourth-order valence-electron chi connectivity index (χ4n) is 1.27. The molecule has 0 aromatic carbocycles. The Hall–Kier alpha value is -2.10. The molecule has 2 heterocycles. The minimum Gasteiger partial charge on any atom is -0.476 e. The molecule has 0 aliphatic carbocycles. The standard InChI is InChI=1S/C10H8N2O2/c13-10(14)9-8(4-3-5-11-9)12-6-1-2-7-12/h1-7H,(H,13,14). The summed E-state index contributed by atoms with van der Waals surface area (Å²) in [6.45, 7) is 0. The smallest absolute Gasteiger partial charge is 0.356 e. The van der Waals surface area contributed by atoms with Gasteiger partial charge in [0.15, 0.2) is 5.69 Å². The molecule has 0 saturated heterocycles. The number of pyridine rings is 1. The monoisotopic (exact) mass is 188 g/mol. The highest BCUT2D eigenvalue weighted by Crippen LogP contribution is 2.11. The second kappa shape index (κ2) is 3.33. The van der Waals surface area contributed by atoms with Crippen molar-refractivity contribution in [2.75, 3.05) is 0 Å². The van der Waals surface area contributed by atoms with Gasteiger partial charge >= 0.3 is 5.97 Å². The van der Waals surface area contributed by atoms with Crippen molar-refractivity contribution >= 4 is 5.97 Å². The molecule has 0 bridgehead atoms. The Labute approximate surface area is 80.4 Å². The SMILES string of the molecule is O=C(O)c1ncccc1-n1cccc1. The quantitative estimate of drug-likeness (QED) is 0.778. The zero-order valence-corrected chi connectivity index (χ0v) is 7.29. The van der Waals surface area contributed by atoms with E-state index >= 15 is 0 Å². The van der Waals surface area contributed by atoms with Gasteiger partial charge in [-0.25, -0.2) is 9.78 Å². The summed E-state index contributed by atoms with van der Waals surface area (Å²) in [4.78, 5) is 14.7. The van der Waals surface area contributed by atoms with Crippen molar-refractivity contribution in [3.63, 3.8) is 0 Å². The van der Waals surface area contributed by atoms with Gasteiger partial charge in [-0.1, -0.05) is 0 Å². The van der Waals surface area contributed by atoms with Crippen LogP contribution in [0.25, 0.3) is 5.69 Å². The average Bonchev–Trinajstić information content (AvgIpc) is 2.70. The number of carboxylic acid groups (broad SMARTS) is 1. The summed E-state index contributed by atoms with van der Waals surface area (Å²) in [5, 5.41) is 8.89. The summed E-state index contributed by atoms with van der Waals surface area (Å²) in [6.07, 6.45) is 5.03. The Balaban J connectivity index is 2.58. The zero-order valence-electron chi connectivity index (χ0n) is 7.29. The molecular formula is C10H8N2O2. The molecule has 0 amide bonds. The molecule has 0 unspecified atom stereocenters. The average molecular weight is 188 g/mol. The molecule has 0 fully saturated rings. The summed E-state index contributed by atoms with van der Waals surface area (Å²) in [7, 11) is 0. The summed E-state index contributed by atoms with van der Waals surface area (Å²) >= 11 is 0. The first-order valence-electron chi connectivity index (χ1n) is 4.10. The van der Waals surface area contributed by atoms with E-state index < -0.39 is 5.97 Å². The van der Waals surface area contributed by atoms with Crippen LogP contribution in [0.5, 0.6) is 0 Å². The van der Waals surface area contributed by atoms with E-state index in [1.54, 1.807) is 29.1 Å². The van der Waals surface area contributed by atoms with E-state index in [0.717, 1.165) is 0 Å². The number of aromatic nitrogens is 2. The van der Waals surface area contributed by atoms with Crippen LogP contribution in [-0.4, -0.2) is 20.6 Å². The maximum atomic E-state index is 10.8. The molecule has 70 valence electrons. The Morgan fingerprint density at radius 1 is 1.29 bits per heavy atom. The van der Waals surface area contributed by atoms with Crippen molar-refractivity contribution in [3.8, 4) is 5.69 Å². The molecule has 4 heteroatoms. The maximum absolute atomic E-state index is 10.8. The third-order valence-electron chi connectivity index (χ3n) is 1.87. The molecule has 2 aromatic heterocycles. The van der Waals surface area contributed by atoms with Gasteiger partial charge in [0.1, 0.15) is 0 Å². The molecule has 14 heavy (non-hydrogen) atoms. The predicted molar refractivity (Wildman–Crippen MR) is 50.5 cm³/mol. The second-order valence-electron chi connectivity index (χ2n) is 2.77. The van der Waals surface area contributed by atoms with Gasteiger partial charge < -0.3 is 9.67 Å². The number of aromatic carboxylic acids is 1. The lowest BCUT2D eigenvalue weighted by molar-refractivity contribution is 0.0690. The first kappa shape index (κ1) is 8.50. The summed E-state index contributed by atoms with van der Waals surface area (Å²) in [6, 6.07) is 7.09. The van der Waals surface area contributed by atoms with Crippen LogP contribution in [0.1, 0.15) is 10.5 Å². The number of nitrogens with zero attached hydrogens (tertiary/aromatic N) is 2. The zero-order chi connectivity index (χ0) is 9.97.